The molecule has 0 fully saturated rings. The standard InChI is InChI=1S/C13H26N2O4S/c1-14(2)7-9-18-12(16)6-5-11(20)13(17)19-10-8-15(3)4/h11,20H,5-10H2,1-4H3. The highest BCUT2D eigenvalue weighted by Gasteiger charge is 2.17. The van der Waals surface area contributed by atoms with Gasteiger partial charge in [0.1, 0.15) is 18.5 Å². The van der Waals surface area contributed by atoms with Crippen LogP contribution < -0.4 is 0 Å². The van der Waals surface area contributed by atoms with Crippen molar-refractivity contribution in [3.63, 3.8) is 0 Å². The Morgan fingerprint density at radius 3 is 2.00 bits per heavy atom. The maximum atomic E-state index is 11.6. The Morgan fingerprint density at radius 1 is 1.00 bits per heavy atom. The lowest BCUT2D eigenvalue weighted by atomic mass is 10.2. The van der Waals surface area contributed by atoms with Gasteiger partial charge in [-0.3, -0.25) is 9.59 Å². The summed E-state index contributed by atoms with van der Waals surface area (Å²) in [5.41, 5.74) is 0. The molecule has 0 aliphatic heterocycles. The van der Waals surface area contributed by atoms with E-state index in [1.165, 1.54) is 0 Å². The third-order valence-electron chi connectivity index (χ3n) is 2.48. The van der Waals surface area contributed by atoms with Crippen LogP contribution in [0.2, 0.25) is 0 Å². The van der Waals surface area contributed by atoms with Crippen molar-refractivity contribution >= 4 is 24.6 Å². The Kier molecular flexibility index (Phi) is 10.5. The Hall–Kier alpha value is -0.790. The second-order valence-corrected chi connectivity index (χ2v) is 5.67. The fraction of sp³-hybridized carbons (Fsp3) is 0.846. The summed E-state index contributed by atoms with van der Waals surface area (Å²) in [5.74, 6) is -0.705. The molecule has 0 aliphatic carbocycles. The minimum Gasteiger partial charge on any atom is -0.464 e. The van der Waals surface area contributed by atoms with E-state index in [-0.39, 0.29) is 12.4 Å². The van der Waals surface area contributed by atoms with Gasteiger partial charge in [-0.15, -0.1) is 0 Å². The molecule has 1 unspecified atom stereocenters. The van der Waals surface area contributed by atoms with Gasteiger partial charge in [0.15, 0.2) is 0 Å². The van der Waals surface area contributed by atoms with Gasteiger partial charge < -0.3 is 19.3 Å². The van der Waals surface area contributed by atoms with Crippen molar-refractivity contribution in [3.05, 3.63) is 0 Å². The molecule has 118 valence electrons. The molecule has 0 aliphatic rings. The molecule has 0 saturated carbocycles. The first-order valence-electron chi connectivity index (χ1n) is 6.62. The van der Waals surface area contributed by atoms with E-state index < -0.39 is 11.2 Å². The first-order chi connectivity index (χ1) is 9.32. The molecule has 0 heterocycles. The van der Waals surface area contributed by atoms with Crippen LogP contribution in [0, 0.1) is 0 Å². The summed E-state index contributed by atoms with van der Waals surface area (Å²) >= 11 is 4.14. The van der Waals surface area contributed by atoms with Crippen molar-refractivity contribution in [2.45, 2.75) is 18.1 Å². The molecule has 20 heavy (non-hydrogen) atoms. The van der Waals surface area contributed by atoms with Crippen molar-refractivity contribution in [1.82, 2.24) is 9.80 Å². The molecule has 7 heteroatoms. The summed E-state index contributed by atoms with van der Waals surface area (Å²) in [4.78, 5) is 26.8. The lowest BCUT2D eigenvalue weighted by molar-refractivity contribution is -0.145. The summed E-state index contributed by atoms with van der Waals surface area (Å²) in [6.07, 6.45) is 0.495. The molecule has 1 atom stereocenters. The Balaban J connectivity index is 3.71. The van der Waals surface area contributed by atoms with Gasteiger partial charge in [0.2, 0.25) is 0 Å². The molecule has 6 nitrogen and oxygen atoms in total. The van der Waals surface area contributed by atoms with E-state index >= 15 is 0 Å². The number of ether oxygens (including phenoxy) is 2. The number of nitrogens with zero attached hydrogens (tertiary/aromatic N) is 2. The Labute approximate surface area is 126 Å². The fourth-order valence-electron chi connectivity index (χ4n) is 1.21. The molecule has 0 radical (unpaired) electrons. The van der Waals surface area contributed by atoms with E-state index in [2.05, 4.69) is 12.6 Å². The number of hydrogen-bond acceptors (Lipinski definition) is 7. The molecule has 0 spiro atoms. The summed E-state index contributed by atoms with van der Waals surface area (Å²) < 4.78 is 10.1. The largest absolute Gasteiger partial charge is 0.464 e. The number of thiol groups is 1. The zero-order chi connectivity index (χ0) is 15.5. The zero-order valence-electron chi connectivity index (χ0n) is 12.8. The van der Waals surface area contributed by atoms with Crippen LogP contribution in [0.1, 0.15) is 12.8 Å². The second-order valence-electron chi connectivity index (χ2n) is 5.05. The highest BCUT2D eigenvalue weighted by molar-refractivity contribution is 7.81. The van der Waals surface area contributed by atoms with E-state index in [1.807, 2.05) is 38.0 Å². The summed E-state index contributed by atoms with van der Waals surface area (Å²) in [7, 11) is 7.61. The number of carbonyl (C=O) groups is 2. The lowest BCUT2D eigenvalue weighted by Crippen LogP contribution is -2.25. The SMILES string of the molecule is CN(C)CCOC(=O)CCC(S)C(=O)OCCN(C)C. The van der Waals surface area contributed by atoms with Gasteiger partial charge in [-0.2, -0.15) is 12.6 Å². The summed E-state index contributed by atoms with van der Waals surface area (Å²) in [6.45, 7) is 2.04. The molecular weight excluding hydrogens is 280 g/mol. The van der Waals surface area contributed by atoms with Gasteiger partial charge in [-0.25, -0.2) is 0 Å². The predicted molar refractivity (Wildman–Crippen MR) is 81.0 cm³/mol. The first-order valence-corrected chi connectivity index (χ1v) is 7.14. The molecule has 0 aromatic rings. The zero-order valence-corrected chi connectivity index (χ0v) is 13.7. The maximum Gasteiger partial charge on any atom is 0.318 e. The van der Waals surface area contributed by atoms with Crippen LogP contribution >= 0.6 is 12.6 Å². The minimum atomic E-state index is -0.585. The van der Waals surface area contributed by atoms with Crippen LogP contribution in [0.4, 0.5) is 0 Å². The fourth-order valence-corrected chi connectivity index (χ4v) is 1.42. The van der Waals surface area contributed by atoms with Crippen molar-refractivity contribution < 1.29 is 19.1 Å². The normalized spacial score (nSPS) is 12.6. The van der Waals surface area contributed by atoms with Crippen molar-refractivity contribution in [1.29, 1.82) is 0 Å². The number of esters is 2. The monoisotopic (exact) mass is 306 g/mol. The van der Waals surface area contributed by atoms with Gasteiger partial charge in [-0.1, -0.05) is 0 Å². The van der Waals surface area contributed by atoms with Crippen LogP contribution in [-0.2, 0) is 19.1 Å². The lowest BCUT2D eigenvalue weighted by Gasteiger charge is -2.13. The number of likely N-dealkylation sites (N-methyl/N-ethyl adjacent to an activating group) is 2. The van der Waals surface area contributed by atoms with Crippen molar-refractivity contribution in [2.75, 3.05) is 54.5 Å². The highest BCUT2D eigenvalue weighted by atomic mass is 32.1. The average molecular weight is 306 g/mol. The van der Waals surface area contributed by atoms with Gasteiger partial charge in [0.25, 0.3) is 0 Å². The number of rotatable bonds is 10. The maximum absolute atomic E-state index is 11.6. The van der Waals surface area contributed by atoms with E-state index in [1.54, 1.807) is 0 Å². The van der Waals surface area contributed by atoms with Crippen LogP contribution in [0.25, 0.3) is 0 Å². The topological polar surface area (TPSA) is 59.1 Å². The average Bonchev–Trinajstić information content (AvgIpc) is 2.34. The molecule has 0 rings (SSSR count). The van der Waals surface area contributed by atoms with Crippen molar-refractivity contribution in [3.8, 4) is 0 Å². The van der Waals surface area contributed by atoms with E-state index in [4.69, 9.17) is 9.47 Å². The van der Waals surface area contributed by atoms with Crippen molar-refractivity contribution in [2.24, 2.45) is 0 Å². The summed E-state index contributed by atoms with van der Waals surface area (Å²) in [6, 6.07) is 0. The molecule has 0 aromatic carbocycles. The number of hydrogen-bond donors (Lipinski definition) is 1. The molecule has 0 aromatic heterocycles. The van der Waals surface area contributed by atoms with Gasteiger partial charge in [0, 0.05) is 19.5 Å². The van der Waals surface area contributed by atoms with Gasteiger partial charge >= 0.3 is 11.9 Å². The van der Waals surface area contributed by atoms with E-state index in [9.17, 15) is 9.59 Å². The predicted octanol–water partition coefficient (Wildman–Crippen LogP) is 0.275. The summed E-state index contributed by atoms with van der Waals surface area (Å²) in [5, 5.41) is -0.585. The van der Waals surface area contributed by atoms with Gasteiger partial charge in [0.05, 0.1) is 0 Å². The molecule has 0 bridgehead atoms. The molecular formula is C13H26N2O4S. The number of carbonyl (C=O) groups excluding carboxylic acids is 2. The minimum absolute atomic E-state index is 0.171. The van der Waals surface area contributed by atoms with Gasteiger partial charge in [-0.05, 0) is 34.6 Å². The van der Waals surface area contributed by atoms with Crippen LogP contribution in [-0.4, -0.2) is 81.5 Å². The third-order valence-corrected chi connectivity index (χ3v) is 2.95. The Morgan fingerprint density at radius 2 is 1.50 bits per heavy atom. The van der Waals surface area contributed by atoms with Crippen LogP contribution in [0.15, 0.2) is 0 Å². The van der Waals surface area contributed by atoms with E-state index in [0.29, 0.717) is 32.7 Å². The second kappa shape index (κ2) is 10.9. The molecule has 0 amide bonds. The Bertz CT molecular complexity index is 298. The molecule has 0 saturated heterocycles. The third kappa shape index (κ3) is 11.1. The van der Waals surface area contributed by atoms with E-state index in [0.717, 1.165) is 0 Å². The van der Waals surface area contributed by atoms with Crippen LogP contribution in [0.5, 0.6) is 0 Å². The highest BCUT2D eigenvalue weighted by Crippen LogP contribution is 2.08. The quantitative estimate of drug-likeness (QED) is 0.462. The molecule has 0 N–H and O–H groups in total. The van der Waals surface area contributed by atoms with Crippen LogP contribution in [0.3, 0.4) is 0 Å². The first kappa shape index (κ1) is 19.2. The smallest absolute Gasteiger partial charge is 0.318 e.